The van der Waals surface area contributed by atoms with Crippen molar-refractivity contribution in [2.45, 2.75) is 25.5 Å². The molecule has 6 heteroatoms. The van der Waals surface area contributed by atoms with E-state index in [4.69, 9.17) is 4.42 Å². The fourth-order valence-corrected chi connectivity index (χ4v) is 4.11. The zero-order valence-corrected chi connectivity index (χ0v) is 11.9. The second kappa shape index (κ2) is 4.95. The van der Waals surface area contributed by atoms with Gasteiger partial charge in [0.25, 0.3) is 5.89 Å². The minimum atomic E-state index is -0.116. The third-order valence-corrected chi connectivity index (χ3v) is 5.31. The van der Waals surface area contributed by atoms with Crippen LogP contribution in [-0.4, -0.2) is 39.4 Å². The smallest absolute Gasteiger partial charge is 0.257 e. The number of hydrogen-bond acceptors (Lipinski definition) is 6. The van der Waals surface area contributed by atoms with Gasteiger partial charge in [0.05, 0.1) is 17.5 Å². The van der Waals surface area contributed by atoms with Crippen LogP contribution in [0.4, 0.5) is 0 Å². The Morgan fingerprint density at radius 3 is 3.10 bits per heavy atom. The van der Waals surface area contributed by atoms with Gasteiger partial charge in [0.15, 0.2) is 0 Å². The summed E-state index contributed by atoms with van der Waals surface area (Å²) >= 11 is 1.60. The summed E-state index contributed by atoms with van der Waals surface area (Å²) in [4.78, 5) is 3.33. The van der Waals surface area contributed by atoms with Crippen molar-refractivity contribution in [1.82, 2.24) is 15.1 Å². The number of aliphatic hydroxyl groups is 1. The van der Waals surface area contributed by atoms with Crippen molar-refractivity contribution in [2.75, 3.05) is 13.1 Å². The summed E-state index contributed by atoms with van der Waals surface area (Å²) in [5, 5.41) is 20.2. The minimum absolute atomic E-state index is 0.116. The molecule has 0 aromatic carbocycles. The fourth-order valence-electron chi connectivity index (χ4n) is 3.47. The maximum absolute atomic E-state index is 9.94. The third-order valence-electron chi connectivity index (χ3n) is 4.45. The number of rotatable bonds is 3. The van der Waals surface area contributed by atoms with Gasteiger partial charge in [0.2, 0.25) is 5.89 Å². The molecular formula is C14H17N3O2S. The zero-order valence-electron chi connectivity index (χ0n) is 11.1. The van der Waals surface area contributed by atoms with E-state index >= 15 is 0 Å². The summed E-state index contributed by atoms with van der Waals surface area (Å²) in [6.07, 6.45) is 1.99. The zero-order chi connectivity index (χ0) is 13.5. The lowest BCUT2D eigenvalue weighted by Crippen LogP contribution is -2.24. The Kier molecular flexibility index (Phi) is 3.09. The second-order valence-corrected chi connectivity index (χ2v) is 6.69. The van der Waals surface area contributed by atoms with E-state index in [2.05, 4.69) is 15.1 Å². The van der Waals surface area contributed by atoms with Gasteiger partial charge in [-0.15, -0.1) is 21.5 Å². The van der Waals surface area contributed by atoms with Crippen LogP contribution in [0.15, 0.2) is 21.9 Å². The number of likely N-dealkylation sites (tertiary alicyclic amines) is 1. The highest BCUT2D eigenvalue weighted by atomic mass is 32.1. The van der Waals surface area contributed by atoms with E-state index in [0.717, 1.165) is 30.8 Å². The van der Waals surface area contributed by atoms with E-state index in [-0.39, 0.29) is 6.10 Å². The first-order valence-corrected chi connectivity index (χ1v) is 7.94. The molecule has 0 spiro atoms. The fraction of sp³-hybridized carbons (Fsp3) is 0.571. The molecule has 1 aliphatic carbocycles. The van der Waals surface area contributed by atoms with Crippen LogP contribution in [-0.2, 0) is 6.54 Å². The topological polar surface area (TPSA) is 62.4 Å². The Morgan fingerprint density at radius 2 is 2.30 bits per heavy atom. The summed E-state index contributed by atoms with van der Waals surface area (Å²) < 4.78 is 5.72. The summed E-state index contributed by atoms with van der Waals surface area (Å²) in [5.41, 5.74) is 0. The largest absolute Gasteiger partial charge is 0.419 e. The lowest BCUT2D eigenvalue weighted by molar-refractivity contribution is 0.122. The summed E-state index contributed by atoms with van der Waals surface area (Å²) in [5.74, 6) is 2.36. The lowest BCUT2D eigenvalue weighted by Gasteiger charge is -2.15. The van der Waals surface area contributed by atoms with E-state index in [0.29, 0.717) is 30.2 Å². The molecule has 2 aromatic heterocycles. The Bertz CT molecular complexity index is 583. The predicted molar refractivity (Wildman–Crippen MR) is 75.1 cm³/mol. The SMILES string of the molecule is OC1CCC2CN(Cc3nnc(-c4cccs4)o3)CC12. The Labute approximate surface area is 121 Å². The van der Waals surface area contributed by atoms with E-state index < -0.39 is 0 Å². The van der Waals surface area contributed by atoms with Gasteiger partial charge in [-0.2, -0.15) is 0 Å². The van der Waals surface area contributed by atoms with Gasteiger partial charge in [-0.1, -0.05) is 6.07 Å². The van der Waals surface area contributed by atoms with E-state index in [1.165, 1.54) is 0 Å². The molecule has 0 radical (unpaired) electrons. The molecule has 3 atom stereocenters. The number of hydrogen-bond donors (Lipinski definition) is 1. The molecule has 0 amide bonds. The van der Waals surface area contributed by atoms with Crippen molar-refractivity contribution in [3.63, 3.8) is 0 Å². The van der Waals surface area contributed by atoms with Crippen LogP contribution in [0.1, 0.15) is 18.7 Å². The standard InChI is InChI=1S/C14H17N3O2S/c18-11-4-3-9-6-17(7-10(9)11)8-13-15-16-14(19-13)12-2-1-5-20-12/h1-2,5,9-11,18H,3-4,6-8H2. The molecule has 20 heavy (non-hydrogen) atoms. The average Bonchev–Trinajstić information content (AvgIpc) is 3.17. The molecule has 106 valence electrons. The molecule has 0 bridgehead atoms. The number of nitrogens with zero attached hydrogens (tertiary/aromatic N) is 3. The molecule has 1 saturated heterocycles. The molecule has 2 aliphatic rings. The molecule has 1 saturated carbocycles. The summed E-state index contributed by atoms with van der Waals surface area (Å²) in [7, 11) is 0. The highest BCUT2D eigenvalue weighted by Crippen LogP contribution is 2.38. The number of thiophene rings is 1. The van der Waals surface area contributed by atoms with Crippen LogP contribution in [0.25, 0.3) is 10.8 Å². The van der Waals surface area contributed by atoms with Gasteiger partial charge in [-0.05, 0) is 30.2 Å². The quantitative estimate of drug-likeness (QED) is 0.937. The predicted octanol–water partition coefficient (Wildman–Crippen LogP) is 2.00. The first-order chi connectivity index (χ1) is 9.79. The maximum atomic E-state index is 9.94. The van der Waals surface area contributed by atoms with Gasteiger partial charge in [-0.25, -0.2) is 0 Å². The van der Waals surface area contributed by atoms with Gasteiger partial charge >= 0.3 is 0 Å². The van der Waals surface area contributed by atoms with Crippen LogP contribution in [0.5, 0.6) is 0 Å². The Balaban J connectivity index is 1.43. The van der Waals surface area contributed by atoms with Crippen LogP contribution < -0.4 is 0 Å². The van der Waals surface area contributed by atoms with Crippen molar-refractivity contribution in [3.05, 3.63) is 23.4 Å². The minimum Gasteiger partial charge on any atom is -0.419 e. The molecule has 2 aromatic rings. The third kappa shape index (κ3) is 2.17. The van der Waals surface area contributed by atoms with Crippen molar-refractivity contribution >= 4 is 11.3 Å². The van der Waals surface area contributed by atoms with Crippen LogP contribution in [0.2, 0.25) is 0 Å². The molecule has 3 unspecified atom stereocenters. The number of aromatic nitrogens is 2. The molecule has 1 N–H and O–H groups in total. The van der Waals surface area contributed by atoms with Crippen molar-refractivity contribution in [3.8, 4) is 10.8 Å². The number of aliphatic hydroxyl groups excluding tert-OH is 1. The summed E-state index contributed by atoms with van der Waals surface area (Å²) in [6, 6.07) is 3.96. The van der Waals surface area contributed by atoms with Crippen molar-refractivity contribution in [2.24, 2.45) is 11.8 Å². The van der Waals surface area contributed by atoms with Crippen LogP contribution in [0.3, 0.4) is 0 Å². The van der Waals surface area contributed by atoms with Gasteiger partial charge in [0, 0.05) is 19.0 Å². The van der Waals surface area contributed by atoms with E-state index in [9.17, 15) is 5.11 Å². The van der Waals surface area contributed by atoms with E-state index in [1.807, 2.05) is 17.5 Å². The Hall–Kier alpha value is -1.24. The van der Waals surface area contributed by atoms with Crippen molar-refractivity contribution in [1.29, 1.82) is 0 Å². The molecular weight excluding hydrogens is 274 g/mol. The normalized spacial score (nSPS) is 29.9. The van der Waals surface area contributed by atoms with Crippen LogP contribution in [0, 0.1) is 11.8 Å². The first-order valence-electron chi connectivity index (χ1n) is 7.06. The molecule has 5 nitrogen and oxygen atoms in total. The molecule has 4 rings (SSSR count). The Morgan fingerprint density at radius 1 is 1.35 bits per heavy atom. The monoisotopic (exact) mass is 291 g/mol. The summed E-state index contributed by atoms with van der Waals surface area (Å²) in [6.45, 7) is 2.68. The van der Waals surface area contributed by atoms with E-state index in [1.54, 1.807) is 11.3 Å². The second-order valence-electron chi connectivity index (χ2n) is 5.74. The molecule has 3 heterocycles. The highest BCUT2D eigenvalue weighted by Gasteiger charge is 2.41. The van der Waals surface area contributed by atoms with Gasteiger partial charge < -0.3 is 9.52 Å². The molecule has 1 aliphatic heterocycles. The first kappa shape index (κ1) is 12.5. The maximum Gasteiger partial charge on any atom is 0.257 e. The lowest BCUT2D eigenvalue weighted by atomic mass is 10.00. The molecule has 2 fully saturated rings. The highest BCUT2D eigenvalue weighted by molar-refractivity contribution is 7.13. The van der Waals surface area contributed by atoms with Gasteiger partial charge in [-0.3, -0.25) is 4.90 Å². The number of fused-ring (bicyclic) bond motifs is 1. The van der Waals surface area contributed by atoms with Crippen molar-refractivity contribution < 1.29 is 9.52 Å². The van der Waals surface area contributed by atoms with Crippen LogP contribution >= 0.6 is 11.3 Å². The van der Waals surface area contributed by atoms with Gasteiger partial charge in [0.1, 0.15) is 0 Å². The average molecular weight is 291 g/mol.